The Balaban J connectivity index is 2.26. The molecule has 0 atom stereocenters. The molecule has 0 heterocycles. The van der Waals surface area contributed by atoms with Gasteiger partial charge in [-0.15, -0.1) is 0 Å². The largest absolute Gasteiger partial charge is 0.497 e. The zero-order chi connectivity index (χ0) is 20.2. The minimum atomic E-state index is -4.64. The number of carbonyl (C=O) groups is 1. The van der Waals surface area contributed by atoms with E-state index in [1.165, 1.54) is 31.4 Å². The number of amides is 1. The molecule has 11 heteroatoms. The fourth-order valence-electron chi connectivity index (χ4n) is 2.00. The molecule has 0 bridgehead atoms. The first-order valence-corrected chi connectivity index (χ1v) is 8.81. The first kappa shape index (κ1) is 20.5. The molecule has 0 aliphatic carbocycles. The molecule has 0 aromatic heterocycles. The van der Waals surface area contributed by atoms with E-state index in [0.29, 0.717) is 17.9 Å². The van der Waals surface area contributed by atoms with E-state index in [1.807, 2.05) is 0 Å². The van der Waals surface area contributed by atoms with E-state index in [1.54, 1.807) is 5.32 Å². The number of nitrogens with one attached hydrogen (secondary N) is 2. The highest BCUT2D eigenvalue weighted by atomic mass is 32.2. The van der Waals surface area contributed by atoms with Gasteiger partial charge < -0.3 is 10.1 Å². The molecule has 0 spiro atoms. The summed E-state index contributed by atoms with van der Waals surface area (Å²) < 4.78 is 82.3. The maximum Gasteiger partial charge on any atom is 0.405 e. The van der Waals surface area contributed by atoms with Crippen LogP contribution in [0.1, 0.15) is 10.4 Å². The first-order valence-electron chi connectivity index (χ1n) is 7.33. The Bertz CT molecular complexity index is 928. The lowest BCUT2D eigenvalue weighted by atomic mass is 10.2. The Morgan fingerprint density at radius 3 is 2.30 bits per heavy atom. The average Bonchev–Trinajstić information content (AvgIpc) is 2.59. The smallest absolute Gasteiger partial charge is 0.405 e. The van der Waals surface area contributed by atoms with Crippen LogP contribution in [0.3, 0.4) is 0 Å². The van der Waals surface area contributed by atoms with E-state index >= 15 is 0 Å². The Morgan fingerprint density at radius 2 is 1.74 bits per heavy atom. The minimum Gasteiger partial charge on any atom is -0.497 e. The molecule has 0 saturated heterocycles. The van der Waals surface area contributed by atoms with Crippen LogP contribution < -0.4 is 14.8 Å². The monoisotopic (exact) mass is 406 g/mol. The van der Waals surface area contributed by atoms with Gasteiger partial charge in [0.25, 0.3) is 15.9 Å². The minimum absolute atomic E-state index is 0.0992. The number of hydrogen-bond donors (Lipinski definition) is 2. The molecule has 2 aromatic carbocycles. The van der Waals surface area contributed by atoms with Crippen LogP contribution >= 0.6 is 0 Å². The van der Waals surface area contributed by atoms with Crippen molar-refractivity contribution in [1.82, 2.24) is 5.32 Å². The summed E-state index contributed by atoms with van der Waals surface area (Å²) in [6.07, 6.45) is -4.64. The van der Waals surface area contributed by atoms with Gasteiger partial charge in [-0.05, 0) is 42.5 Å². The number of halogens is 4. The highest BCUT2D eigenvalue weighted by Crippen LogP contribution is 2.22. The molecule has 0 saturated carbocycles. The number of anilines is 1. The second-order valence-electron chi connectivity index (χ2n) is 5.28. The van der Waals surface area contributed by atoms with Crippen molar-refractivity contribution >= 4 is 21.6 Å². The summed E-state index contributed by atoms with van der Waals surface area (Å²) in [5, 5.41) is 1.58. The number of alkyl halides is 3. The van der Waals surface area contributed by atoms with Crippen molar-refractivity contribution in [1.29, 1.82) is 0 Å². The Labute approximate surface area is 152 Å². The van der Waals surface area contributed by atoms with E-state index in [0.717, 1.165) is 6.07 Å². The van der Waals surface area contributed by atoms with E-state index in [-0.39, 0.29) is 5.69 Å². The topological polar surface area (TPSA) is 84.5 Å². The fourth-order valence-corrected chi connectivity index (χ4v) is 3.17. The van der Waals surface area contributed by atoms with Crippen molar-refractivity contribution < 1.29 is 35.5 Å². The molecule has 2 aromatic rings. The van der Waals surface area contributed by atoms with Crippen LogP contribution in [-0.4, -0.2) is 34.2 Å². The zero-order valence-corrected chi connectivity index (χ0v) is 14.6. The van der Waals surface area contributed by atoms with Gasteiger partial charge in [0, 0.05) is 11.3 Å². The van der Waals surface area contributed by atoms with Crippen molar-refractivity contribution in [2.45, 2.75) is 11.1 Å². The second-order valence-corrected chi connectivity index (χ2v) is 6.93. The zero-order valence-electron chi connectivity index (χ0n) is 13.8. The number of carbonyl (C=O) groups excluding carboxylic acids is 1. The molecule has 2 rings (SSSR count). The van der Waals surface area contributed by atoms with Gasteiger partial charge in [0.15, 0.2) is 0 Å². The molecule has 2 N–H and O–H groups in total. The third kappa shape index (κ3) is 5.58. The van der Waals surface area contributed by atoms with Crippen LogP contribution in [0.25, 0.3) is 0 Å². The first-order chi connectivity index (χ1) is 12.5. The third-order valence-electron chi connectivity index (χ3n) is 3.27. The van der Waals surface area contributed by atoms with Crippen LogP contribution in [-0.2, 0) is 10.0 Å². The summed E-state index contributed by atoms with van der Waals surface area (Å²) >= 11 is 0. The summed E-state index contributed by atoms with van der Waals surface area (Å²) in [6, 6.07) is 7.90. The highest BCUT2D eigenvalue weighted by Gasteiger charge is 2.28. The maximum absolute atomic E-state index is 14.0. The highest BCUT2D eigenvalue weighted by molar-refractivity contribution is 7.92. The number of rotatable bonds is 6. The molecule has 0 radical (unpaired) electrons. The van der Waals surface area contributed by atoms with E-state index in [9.17, 15) is 30.8 Å². The number of benzene rings is 2. The number of sulfonamides is 1. The van der Waals surface area contributed by atoms with Gasteiger partial charge in [0.2, 0.25) is 0 Å². The molecule has 27 heavy (non-hydrogen) atoms. The molecule has 1 amide bonds. The van der Waals surface area contributed by atoms with Gasteiger partial charge in [-0.3, -0.25) is 9.52 Å². The molecule has 0 fully saturated rings. The van der Waals surface area contributed by atoms with E-state index in [4.69, 9.17) is 4.74 Å². The summed E-state index contributed by atoms with van der Waals surface area (Å²) in [5.41, 5.74) is -0.335. The predicted octanol–water partition coefficient (Wildman–Crippen LogP) is 2.93. The second kappa shape index (κ2) is 7.82. The van der Waals surface area contributed by atoms with Crippen molar-refractivity contribution in [2.24, 2.45) is 0 Å². The molecule has 6 nitrogen and oxygen atoms in total. The van der Waals surface area contributed by atoms with Crippen molar-refractivity contribution in [3.8, 4) is 5.75 Å². The van der Waals surface area contributed by atoms with Crippen molar-refractivity contribution in [3.05, 3.63) is 53.8 Å². The summed E-state index contributed by atoms with van der Waals surface area (Å²) in [7, 11) is -3.01. The molecular formula is C16H14F4N2O4S. The summed E-state index contributed by atoms with van der Waals surface area (Å²) in [4.78, 5) is 10.9. The number of hydrogen-bond acceptors (Lipinski definition) is 4. The Morgan fingerprint density at radius 1 is 1.11 bits per heavy atom. The molecule has 0 aliphatic heterocycles. The van der Waals surface area contributed by atoms with Gasteiger partial charge in [-0.1, -0.05) is 0 Å². The summed E-state index contributed by atoms with van der Waals surface area (Å²) in [5.74, 6) is -1.89. The van der Waals surface area contributed by atoms with Crippen molar-refractivity contribution in [2.75, 3.05) is 18.4 Å². The lowest BCUT2D eigenvalue weighted by Gasteiger charge is -2.12. The van der Waals surface area contributed by atoms with Crippen LogP contribution in [0, 0.1) is 5.82 Å². The van der Waals surface area contributed by atoms with Gasteiger partial charge >= 0.3 is 6.18 Å². The average molecular weight is 406 g/mol. The maximum atomic E-state index is 14.0. The Kier molecular flexibility index (Phi) is 5.94. The fraction of sp³-hybridized carbons (Fsp3) is 0.188. The van der Waals surface area contributed by atoms with E-state index in [2.05, 4.69) is 4.72 Å². The number of methoxy groups -OCH3 is 1. The van der Waals surface area contributed by atoms with Crippen LogP contribution in [0.2, 0.25) is 0 Å². The summed E-state index contributed by atoms with van der Waals surface area (Å²) in [6.45, 7) is -1.60. The van der Waals surface area contributed by atoms with E-state index < -0.39 is 44.9 Å². The molecule has 0 aliphatic rings. The Hall–Kier alpha value is -2.82. The number of ether oxygens (including phenoxy) is 1. The predicted molar refractivity (Wildman–Crippen MR) is 88.6 cm³/mol. The molecule has 146 valence electrons. The lowest BCUT2D eigenvalue weighted by Crippen LogP contribution is -2.33. The van der Waals surface area contributed by atoms with Gasteiger partial charge in [0.05, 0.1) is 7.11 Å². The normalized spacial score (nSPS) is 11.7. The van der Waals surface area contributed by atoms with Crippen LogP contribution in [0.4, 0.5) is 23.2 Å². The molecule has 0 unspecified atom stereocenters. The van der Waals surface area contributed by atoms with Crippen LogP contribution in [0.5, 0.6) is 5.75 Å². The molecular weight excluding hydrogens is 392 g/mol. The SMILES string of the molecule is COc1ccc(NS(=O)(=O)c2cc(C(=O)NCC(F)(F)F)ccc2F)cc1. The standard InChI is InChI=1S/C16H14F4N2O4S/c1-26-12-5-3-11(4-6-12)22-27(24,25)14-8-10(2-7-13(14)17)15(23)21-9-16(18,19)20/h2-8,22H,9H2,1H3,(H,21,23). The van der Waals surface area contributed by atoms with Gasteiger partial charge in [-0.25, -0.2) is 12.8 Å². The van der Waals surface area contributed by atoms with Crippen LogP contribution in [0.15, 0.2) is 47.4 Å². The third-order valence-corrected chi connectivity index (χ3v) is 4.67. The quantitative estimate of drug-likeness (QED) is 0.723. The lowest BCUT2D eigenvalue weighted by molar-refractivity contribution is -0.123. The van der Waals surface area contributed by atoms with Gasteiger partial charge in [-0.2, -0.15) is 13.2 Å². The van der Waals surface area contributed by atoms with Gasteiger partial charge in [0.1, 0.15) is 23.0 Å². The van der Waals surface area contributed by atoms with Crippen molar-refractivity contribution in [3.63, 3.8) is 0 Å².